The number of nitrogens with zero attached hydrogens (tertiary/aromatic N) is 1. The third kappa shape index (κ3) is 4.27. The fraction of sp³-hybridized carbons (Fsp3) is 0.812. The maximum Gasteiger partial charge on any atom is 0.240 e. The lowest BCUT2D eigenvalue weighted by Crippen LogP contribution is -2.70. The first kappa shape index (κ1) is 20.0. The van der Waals surface area contributed by atoms with Gasteiger partial charge in [-0.15, -0.1) is 11.8 Å². The number of hydrogen-bond donors (Lipinski definition) is 4. The number of amides is 3. The number of nitrogens with one attached hydrogen (secondary N) is 2. The van der Waals surface area contributed by atoms with Gasteiger partial charge in [-0.25, -0.2) is 0 Å². The van der Waals surface area contributed by atoms with E-state index < -0.39 is 24.0 Å². The minimum absolute atomic E-state index is 0.0514. The van der Waals surface area contributed by atoms with Crippen molar-refractivity contribution in [2.45, 2.75) is 50.7 Å². The fourth-order valence-electron chi connectivity index (χ4n) is 3.01. The Morgan fingerprint density at radius 3 is 2.28 bits per heavy atom. The Balaban J connectivity index is 1.87. The van der Waals surface area contributed by atoms with Crippen molar-refractivity contribution in [1.29, 1.82) is 0 Å². The highest BCUT2D eigenvalue weighted by atomic mass is 32.2. The number of thioether (sulfide) groups is 1. The Kier molecular flexibility index (Phi) is 6.01. The standard InChI is InChI=1S/C16H29N5O3S/c1-8(2)11(17)15(24)21-6-16(7-21)20-10(5-25-16)14(23)19-12(9(3)4)13(18)22/h8-12,20H,5-7,17H2,1-4H3,(H2,18,22)(H,19,23)/t10-,11-,12-/m0/s1. The summed E-state index contributed by atoms with van der Waals surface area (Å²) in [5, 5.41) is 6.02. The van der Waals surface area contributed by atoms with E-state index >= 15 is 0 Å². The average Bonchev–Trinajstić information content (AvgIpc) is 2.94. The lowest BCUT2D eigenvalue weighted by molar-refractivity contribution is -0.139. The molecule has 2 saturated heterocycles. The van der Waals surface area contributed by atoms with E-state index in [1.807, 2.05) is 27.7 Å². The van der Waals surface area contributed by atoms with Crippen molar-refractivity contribution in [2.24, 2.45) is 23.3 Å². The zero-order valence-corrected chi connectivity index (χ0v) is 16.1. The summed E-state index contributed by atoms with van der Waals surface area (Å²) in [6, 6.07) is -1.58. The third-order valence-corrected chi connectivity index (χ3v) is 6.19. The van der Waals surface area contributed by atoms with Crippen LogP contribution >= 0.6 is 11.8 Å². The molecule has 2 heterocycles. The van der Waals surface area contributed by atoms with Crippen LogP contribution in [-0.4, -0.2) is 64.5 Å². The van der Waals surface area contributed by atoms with Crippen molar-refractivity contribution < 1.29 is 14.4 Å². The van der Waals surface area contributed by atoms with Gasteiger partial charge >= 0.3 is 0 Å². The number of rotatable bonds is 6. The van der Waals surface area contributed by atoms with E-state index in [-0.39, 0.29) is 28.5 Å². The summed E-state index contributed by atoms with van der Waals surface area (Å²) >= 11 is 1.63. The SMILES string of the molecule is CC(C)[C@H](N)C(=O)N1CC2(C1)N[C@H](C(=O)N[C@H](C(N)=O)C(C)C)CS2. The van der Waals surface area contributed by atoms with Crippen LogP contribution in [-0.2, 0) is 14.4 Å². The molecule has 3 amide bonds. The topological polar surface area (TPSA) is 131 Å². The smallest absolute Gasteiger partial charge is 0.240 e. The summed E-state index contributed by atoms with van der Waals surface area (Å²) in [7, 11) is 0. The molecule has 2 aliphatic heterocycles. The molecular weight excluding hydrogens is 342 g/mol. The quantitative estimate of drug-likeness (QED) is 0.466. The summed E-state index contributed by atoms with van der Waals surface area (Å²) in [5.74, 6) is -0.206. The van der Waals surface area contributed by atoms with Crippen LogP contribution in [0.2, 0.25) is 0 Å². The maximum atomic E-state index is 12.4. The van der Waals surface area contributed by atoms with Gasteiger partial charge in [0.15, 0.2) is 0 Å². The number of hydrogen-bond acceptors (Lipinski definition) is 6. The molecule has 142 valence electrons. The van der Waals surface area contributed by atoms with Gasteiger partial charge in [-0.2, -0.15) is 0 Å². The Morgan fingerprint density at radius 1 is 1.20 bits per heavy atom. The number of carbonyl (C=O) groups excluding carboxylic acids is 3. The normalized spacial score (nSPS) is 24.3. The van der Waals surface area contributed by atoms with Gasteiger partial charge in [0, 0.05) is 5.75 Å². The van der Waals surface area contributed by atoms with Crippen molar-refractivity contribution >= 4 is 29.5 Å². The van der Waals surface area contributed by atoms with E-state index in [9.17, 15) is 14.4 Å². The summed E-state index contributed by atoms with van der Waals surface area (Å²) in [6.45, 7) is 8.58. The van der Waals surface area contributed by atoms with E-state index in [4.69, 9.17) is 11.5 Å². The third-order valence-electron chi connectivity index (χ3n) is 4.76. The fourth-order valence-corrected chi connectivity index (χ4v) is 4.45. The molecule has 1 spiro atoms. The molecule has 0 radical (unpaired) electrons. The van der Waals surface area contributed by atoms with E-state index in [0.29, 0.717) is 18.8 Å². The van der Waals surface area contributed by atoms with Gasteiger partial charge in [0.2, 0.25) is 17.7 Å². The van der Waals surface area contributed by atoms with Crippen LogP contribution in [0.15, 0.2) is 0 Å². The molecule has 0 unspecified atom stereocenters. The van der Waals surface area contributed by atoms with Crippen LogP contribution in [0.5, 0.6) is 0 Å². The first-order chi connectivity index (χ1) is 11.6. The van der Waals surface area contributed by atoms with Crippen molar-refractivity contribution in [3.8, 4) is 0 Å². The molecule has 0 aliphatic carbocycles. The zero-order chi connectivity index (χ0) is 18.9. The van der Waals surface area contributed by atoms with Gasteiger partial charge in [0.1, 0.15) is 10.9 Å². The Hall–Kier alpha value is -1.32. The van der Waals surface area contributed by atoms with Crippen LogP contribution in [0.1, 0.15) is 27.7 Å². The first-order valence-corrected chi connectivity index (χ1v) is 9.60. The molecule has 25 heavy (non-hydrogen) atoms. The molecular formula is C16H29N5O3S. The predicted octanol–water partition coefficient (Wildman–Crippen LogP) is -1.16. The van der Waals surface area contributed by atoms with Crippen molar-refractivity contribution in [3.63, 3.8) is 0 Å². The number of nitrogens with two attached hydrogens (primary N) is 2. The summed E-state index contributed by atoms with van der Waals surface area (Å²) in [4.78, 5) is 37.5. The second-order valence-electron chi connectivity index (χ2n) is 7.60. The van der Waals surface area contributed by atoms with Gasteiger partial charge in [0.25, 0.3) is 0 Å². The van der Waals surface area contributed by atoms with Gasteiger partial charge in [-0.05, 0) is 11.8 Å². The predicted molar refractivity (Wildman–Crippen MR) is 97.5 cm³/mol. The lowest BCUT2D eigenvalue weighted by atomic mass is 9.99. The van der Waals surface area contributed by atoms with Gasteiger partial charge in [-0.3, -0.25) is 19.7 Å². The van der Waals surface area contributed by atoms with E-state index in [1.54, 1.807) is 16.7 Å². The molecule has 8 nitrogen and oxygen atoms in total. The van der Waals surface area contributed by atoms with E-state index in [0.717, 1.165) is 0 Å². The van der Waals surface area contributed by atoms with Crippen molar-refractivity contribution in [1.82, 2.24) is 15.5 Å². The molecule has 6 N–H and O–H groups in total. The highest BCUT2D eigenvalue weighted by molar-refractivity contribution is 8.01. The van der Waals surface area contributed by atoms with Gasteiger partial charge in [-0.1, -0.05) is 27.7 Å². The first-order valence-electron chi connectivity index (χ1n) is 8.62. The van der Waals surface area contributed by atoms with Crippen LogP contribution in [0, 0.1) is 11.8 Å². The number of primary amides is 1. The van der Waals surface area contributed by atoms with Gasteiger partial charge < -0.3 is 21.7 Å². The monoisotopic (exact) mass is 371 g/mol. The molecule has 3 atom stereocenters. The molecule has 9 heteroatoms. The highest BCUT2D eigenvalue weighted by Gasteiger charge is 2.52. The largest absolute Gasteiger partial charge is 0.368 e. The second kappa shape index (κ2) is 7.51. The van der Waals surface area contributed by atoms with E-state index in [2.05, 4.69) is 10.6 Å². The molecule has 0 bridgehead atoms. The summed E-state index contributed by atoms with van der Waals surface area (Å²) in [6.07, 6.45) is 0. The molecule has 0 aromatic carbocycles. The van der Waals surface area contributed by atoms with Crippen molar-refractivity contribution in [2.75, 3.05) is 18.8 Å². The molecule has 2 aliphatic rings. The highest BCUT2D eigenvalue weighted by Crippen LogP contribution is 2.38. The van der Waals surface area contributed by atoms with Gasteiger partial charge in [0.05, 0.1) is 25.2 Å². The van der Waals surface area contributed by atoms with Crippen LogP contribution < -0.4 is 22.1 Å². The number of likely N-dealkylation sites (tertiary alicyclic amines) is 1. The Labute approximate surface area is 152 Å². The van der Waals surface area contributed by atoms with Crippen LogP contribution in [0.4, 0.5) is 0 Å². The molecule has 2 rings (SSSR count). The lowest BCUT2D eigenvalue weighted by Gasteiger charge is -2.48. The minimum Gasteiger partial charge on any atom is -0.368 e. The Morgan fingerprint density at radius 2 is 1.80 bits per heavy atom. The summed E-state index contributed by atoms with van der Waals surface area (Å²) in [5.41, 5.74) is 11.3. The molecule has 0 aromatic heterocycles. The summed E-state index contributed by atoms with van der Waals surface area (Å²) < 4.78 is 0. The molecule has 2 fully saturated rings. The zero-order valence-electron chi connectivity index (χ0n) is 15.2. The molecule has 0 saturated carbocycles. The Bertz CT molecular complexity index is 548. The molecule has 0 aromatic rings. The average molecular weight is 372 g/mol. The van der Waals surface area contributed by atoms with Crippen molar-refractivity contribution in [3.05, 3.63) is 0 Å². The van der Waals surface area contributed by atoms with E-state index in [1.165, 1.54) is 0 Å². The number of carbonyl (C=O) groups is 3. The van der Waals surface area contributed by atoms with Crippen LogP contribution in [0.3, 0.4) is 0 Å². The second-order valence-corrected chi connectivity index (χ2v) is 9.00. The minimum atomic E-state index is -0.681. The van der Waals surface area contributed by atoms with Crippen LogP contribution in [0.25, 0.3) is 0 Å². The maximum absolute atomic E-state index is 12.4.